The summed E-state index contributed by atoms with van der Waals surface area (Å²) in [5.74, 6) is -0.812. The average molecular weight is 400 g/mol. The first kappa shape index (κ1) is 21.1. The molecule has 0 bridgehead atoms. The van der Waals surface area contributed by atoms with Crippen molar-refractivity contribution in [2.24, 2.45) is 0 Å². The van der Waals surface area contributed by atoms with Crippen LogP contribution in [0.5, 0.6) is 0 Å². The van der Waals surface area contributed by atoms with Crippen molar-refractivity contribution in [2.75, 3.05) is 10.6 Å². The highest BCUT2D eigenvalue weighted by atomic mass is 32.2. The van der Waals surface area contributed by atoms with Crippen LogP contribution in [0.25, 0.3) is 0 Å². The Kier molecular flexibility index (Phi) is 6.87. The Bertz CT molecular complexity index is 992. The zero-order chi connectivity index (χ0) is 20.7. The van der Waals surface area contributed by atoms with Crippen LogP contribution in [0.3, 0.4) is 0 Å². The summed E-state index contributed by atoms with van der Waals surface area (Å²) < 4.78 is 26.7. The number of nitriles is 1. The number of hydrogen-bond donors (Lipinski definition) is 3. The van der Waals surface area contributed by atoms with Gasteiger partial charge in [-0.1, -0.05) is 0 Å². The average Bonchev–Trinajstić information content (AvgIpc) is 2.62. The first-order chi connectivity index (χ1) is 13.2. The first-order valence-electron chi connectivity index (χ1n) is 8.42. The molecule has 0 unspecified atom stereocenters. The molecule has 146 valence electrons. The quantitative estimate of drug-likeness (QED) is 0.658. The molecule has 2 aromatic rings. The lowest BCUT2D eigenvalue weighted by Gasteiger charge is -2.11. The molecular formula is C19H20N4O4S. The summed E-state index contributed by atoms with van der Waals surface area (Å²) in [4.78, 5) is 23.8. The molecule has 0 radical (unpaired) electrons. The molecule has 9 heteroatoms. The van der Waals surface area contributed by atoms with Gasteiger partial charge < -0.3 is 10.6 Å². The van der Waals surface area contributed by atoms with Crippen LogP contribution in [0.15, 0.2) is 53.4 Å². The van der Waals surface area contributed by atoms with Gasteiger partial charge >= 0.3 is 0 Å². The Morgan fingerprint density at radius 2 is 1.50 bits per heavy atom. The Labute approximate surface area is 163 Å². The number of nitrogens with one attached hydrogen (secondary N) is 3. The third kappa shape index (κ3) is 5.90. The van der Waals surface area contributed by atoms with Crippen molar-refractivity contribution in [3.8, 4) is 6.07 Å². The fourth-order valence-electron chi connectivity index (χ4n) is 2.28. The molecule has 28 heavy (non-hydrogen) atoms. The molecule has 0 aliphatic rings. The molecule has 2 aromatic carbocycles. The third-order valence-corrected chi connectivity index (χ3v) is 5.16. The van der Waals surface area contributed by atoms with E-state index in [1.807, 2.05) is 0 Å². The second kappa shape index (κ2) is 9.12. The monoisotopic (exact) mass is 400 g/mol. The summed E-state index contributed by atoms with van der Waals surface area (Å²) in [6.07, 6.45) is -0.249. The van der Waals surface area contributed by atoms with Crippen molar-refractivity contribution in [3.05, 3.63) is 54.1 Å². The van der Waals surface area contributed by atoms with Crippen molar-refractivity contribution in [1.82, 2.24) is 4.72 Å². The molecule has 3 N–H and O–H groups in total. The molecule has 0 spiro atoms. The molecule has 2 amide bonds. The molecule has 0 saturated heterocycles. The summed E-state index contributed by atoms with van der Waals surface area (Å²) in [6.45, 7) is 3.46. The second-order valence-corrected chi connectivity index (χ2v) is 7.93. The van der Waals surface area contributed by atoms with Gasteiger partial charge in [0.15, 0.2) is 0 Å². The van der Waals surface area contributed by atoms with Gasteiger partial charge in [0, 0.05) is 23.0 Å². The Hall–Kier alpha value is -3.22. The van der Waals surface area contributed by atoms with Crippen LogP contribution in [0, 0.1) is 11.3 Å². The number of sulfonamides is 1. The Morgan fingerprint density at radius 1 is 0.964 bits per heavy atom. The molecule has 0 atom stereocenters. The number of anilines is 2. The van der Waals surface area contributed by atoms with Crippen LogP contribution < -0.4 is 15.4 Å². The summed E-state index contributed by atoms with van der Waals surface area (Å²) in [7, 11) is -3.59. The summed E-state index contributed by atoms with van der Waals surface area (Å²) >= 11 is 0. The normalized spacial score (nSPS) is 10.9. The number of hydrogen-bond acceptors (Lipinski definition) is 5. The molecule has 8 nitrogen and oxygen atoms in total. The van der Waals surface area contributed by atoms with E-state index in [9.17, 15) is 18.0 Å². The van der Waals surface area contributed by atoms with E-state index in [0.29, 0.717) is 16.9 Å². The molecule has 0 aliphatic heterocycles. The van der Waals surface area contributed by atoms with Crippen molar-refractivity contribution in [2.45, 2.75) is 31.2 Å². The van der Waals surface area contributed by atoms with Crippen LogP contribution in [0.4, 0.5) is 11.4 Å². The van der Waals surface area contributed by atoms with E-state index in [0.717, 1.165) is 0 Å². The fraction of sp³-hybridized carbons (Fsp3) is 0.211. The van der Waals surface area contributed by atoms with Crippen LogP contribution in [0.2, 0.25) is 0 Å². The molecule has 2 rings (SSSR count). The number of benzene rings is 2. The SMILES string of the molecule is CC(C)NS(=O)(=O)c1ccc(NC(=O)c2ccc(NC(=O)CC#N)cc2)cc1. The van der Waals surface area contributed by atoms with Crippen LogP contribution in [-0.2, 0) is 14.8 Å². The minimum atomic E-state index is -3.59. The standard InChI is InChI=1S/C19H20N4O4S/c1-13(2)23-28(26,27)17-9-7-16(8-10-17)22-19(25)14-3-5-15(6-4-14)21-18(24)11-12-20/h3-10,13,23H,11H2,1-2H3,(H,21,24)(H,22,25). The zero-order valence-corrected chi connectivity index (χ0v) is 16.2. The maximum Gasteiger partial charge on any atom is 0.255 e. The van der Waals surface area contributed by atoms with Gasteiger partial charge in [0.1, 0.15) is 6.42 Å². The lowest BCUT2D eigenvalue weighted by molar-refractivity contribution is -0.115. The lowest BCUT2D eigenvalue weighted by atomic mass is 10.2. The van der Waals surface area contributed by atoms with Gasteiger partial charge in [-0.2, -0.15) is 5.26 Å². The highest BCUT2D eigenvalue weighted by molar-refractivity contribution is 7.89. The van der Waals surface area contributed by atoms with Crippen LogP contribution in [-0.4, -0.2) is 26.3 Å². The first-order valence-corrected chi connectivity index (χ1v) is 9.90. The van der Waals surface area contributed by atoms with Crippen molar-refractivity contribution < 1.29 is 18.0 Å². The molecule has 0 fully saturated rings. The maximum absolute atomic E-state index is 12.3. The van der Waals surface area contributed by atoms with E-state index in [1.54, 1.807) is 32.0 Å². The number of carbonyl (C=O) groups excluding carboxylic acids is 2. The highest BCUT2D eigenvalue weighted by Crippen LogP contribution is 2.16. The highest BCUT2D eigenvalue weighted by Gasteiger charge is 2.15. The summed E-state index contributed by atoms with van der Waals surface area (Å²) in [5, 5.41) is 13.7. The summed E-state index contributed by atoms with van der Waals surface area (Å²) in [5.41, 5.74) is 1.28. The van der Waals surface area contributed by atoms with Gasteiger partial charge in [-0.15, -0.1) is 0 Å². The van der Waals surface area contributed by atoms with E-state index in [1.165, 1.54) is 36.4 Å². The fourth-order valence-corrected chi connectivity index (χ4v) is 3.53. The van der Waals surface area contributed by atoms with Gasteiger partial charge in [-0.25, -0.2) is 13.1 Å². The van der Waals surface area contributed by atoms with Gasteiger partial charge in [0.2, 0.25) is 15.9 Å². The molecule has 0 saturated carbocycles. The predicted molar refractivity (Wildman–Crippen MR) is 105 cm³/mol. The van der Waals surface area contributed by atoms with Crippen LogP contribution in [0.1, 0.15) is 30.6 Å². The largest absolute Gasteiger partial charge is 0.325 e. The lowest BCUT2D eigenvalue weighted by Crippen LogP contribution is -2.30. The predicted octanol–water partition coefficient (Wildman–Crippen LogP) is 2.48. The smallest absolute Gasteiger partial charge is 0.255 e. The van der Waals surface area contributed by atoms with Crippen molar-refractivity contribution >= 4 is 33.2 Å². The summed E-state index contributed by atoms with van der Waals surface area (Å²) in [6, 6.07) is 13.5. The number of rotatable bonds is 7. The van der Waals surface area contributed by atoms with Gasteiger partial charge in [0.05, 0.1) is 11.0 Å². The third-order valence-electron chi connectivity index (χ3n) is 3.48. The van der Waals surface area contributed by atoms with Gasteiger partial charge in [-0.05, 0) is 62.4 Å². The minimum absolute atomic E-state index is 0.108. The van der Waals surface area contributed by atoms with Gasteiger partial charge in [-0.3, -0.25) is 9.59 Å². The van der Waals surface area contributed by atoms with Crippen molar-refractivity contribution in [1.29, 1.82) is 5.26 Å². The molecule has 0 aliphatic carbocycles. The maximum atomic E-state index is 12.3. The topological polar surface area (TPSA) is 128 Å². The number of amides is 2. The van der Waals surface area contributed by atoms with Gasteiger partial charge in [0.25, 0.3) is 5.91 Å². The number of nitrogens with zero attached hydrogens (tertiary/aromatic N) is 1. The van der Waals surface area contributed by atoms with E-state index >= 15 is 0 Å². The zero-order valence-electron chi connectivity index (χ0n) is 15.4. The Balaban J connectivity index is 2.03. The second-order valence-electron chi connectivity index (χ2n) is 6.21. The van der Waals surface area contributed by atoms with E-state index in [4.69, 9.17) is 5.26 Å². The molecular weight excluding hydrogens is 380 g/mol. The minimum Gasteiger partial charge on any atom is -0.325 e. The van der Waals surface area contributed by atoms with Crippen molar-refractivity contribution in [3.63, 3.8) is 0 Å². The van der Waals surface area contributed by atoms with E-state index in [-0.39, 0.29) is 23.3 Å². The molecule has 0 aromatic heterocycles. The van der Waals surface area contributed by atoms with E-state index < -0.39 is 15.9 Å². The van der Waals surface area contributed by atoms with E-state index in [2.05, 4.69) is 15.4 Å². The van der Waals surface area contributed by atoms with Crippen LogP contribution >= 0.6 is 0 Å². The Morgan fingerprint density at radius 3 is 2.04 bits per heavy atom. The number of carbonyl (C=O) groups is 2. The molecule has 0 heterocycles.